The molecule has 3 heteroatoms. The summed E-state index contributed by atoms with van der Waals surface area (Å²) in [4.78, 5) is 8.53. The summed E-state index contributed by atoms with van der Waals surface area (Å²) in [6.07, 6.45) is -0.0207. The standard InChI is InChI=1S/C18H22N2O/c1-15-13-20(14-16-9-5-3-6-10-16)18(21-19(15)2)17-11-7-4-8-12-17/h3-12,15,18H,13-14H2,1-2H3/t15-,18-/m0/s1. The average Bonchev–Trinajstić information content (AvgIpc) is 2.52. The molecule has 1 aliphatic heterocycles. The second kappa shape index (κ2) is 6.39. The topological polar surface area (TPSA) is 15.7 Å². The molecule has 0 bridgehead atoms. The summed E-state index contributed by atoms with van der Waals surface area (Å²) in [7, 11) is 2.01. The molecule has 2 aromatic carbocycles. The molecule has 0 spiro atoms. The van der Waals surface area contributed by atoms with Crippen LogP contribution in [0.25, 0.3) is 0 Å². The van der Waals surface area contributed by atoms with Gasteiger partial charge in [0.15, 0.2) is 6.23 Å². The third kappa shape index (κ3) is 3.32. The maximum absolute atomic E-state index is 6.13. The zero-order valence-electron chi connectivity index (χ0n) is 12.6. The van der Waals surface area contributed by atoms with Crippen LogP contribution in [0, 0.1) is 0 Å². The van der Waals surface area contributed by atoms with Gasteiger partial charge in [0.05, 0.1) is 0 Å². The van der Waals surface area contributed by atoms with Crippen molar-refractivity contribution in [1.82, 2.24) is 9.96 Å². The number of hydrogen-bond donors (Lipinski definition) is 0. The van der Waals surface area contributed by atoms with Gasteiger partial charge in [-0.05, 0) is 18.1 Å². The Bertz CT molecular complexity index is 558. The van der Waals surface area contributed by atoms with Gasteiger partial charge in [-0.2, -0.15) is 5.06 Å². The molecular formula is C18H22N2O. The highest BCUT2D eigenvalue weighted by Gasteiger charge is 2.31. The van der Waals surface area contributed by atoms with E-state index in [1.54, 1.807) is 0 Å². The highest BCUT2D eigenvalue weighted by molar-refractivity contribution is 5.19. The number of rotatable bonds is 3. The predicted molar refractivity (Wildman–Crippen MR) is 84.3 cm³/mol. The van der Waals surface area contributed by atoms with E-state index in [4.69, 9.17) is 4.84 Å². The van der Waals surface area contributed by atoms with Gasteiger partial charge in [0.1, 0.15) is 0 Å². The zero-order chi connectivity index (χ0) is 14.7. The third-order valence-corrected chi connectivity index (χ3v) is 4.03. The largest absolute Gasteiger partial charge is 0.275 e. The molecule has 2 atom stereocenters. The molecule has 110 valence electrons. The first-order valence-corrected chi connectivity index (χ1v) is 7.46. The lowest BCUT2D eigenvalue weighted by Gasteiger charge is -2.43. The number of hydrogen-bond acceptors (Lipinski definition) is 3. The Morgan fingerprint density at radius 1 is 1.00 bits per heavy atom. The van der Waals surface area contributed by atoms with Crippen LogP contribution in [0.2, 0.25) is 0 Å². The summed E-state index contributed by atoms with van der Waals surface area (Å²) in [5.74, 6) is 0. The van der Waals surface area contributed by atoms with Crippen molar-refractivity contribution >= 4 is 0 Å². The Balaban J connectivity index is 1.83. The van der Waals surface area contributed by atoms with Crippen LogP contribution in [0.15, 0.2) is 60.7 Å². The number of benzene rings is 2. The minimum Gasteiger partial charge on any atom is -0.275 e. The third-order valence-electron chi connectivity index (χ3n) is 4.03. The van der Waals surface area contributed by atoms with Crippen LogP contribution in [-0.2, 0) is 11.4 Å². The van der Waals surface area contributed by atoms with Crippen LogP contribution < -0.4 is 0 Å². The van der Waals surface area contributed by atoms with Gasteiger partial charge in [-0.15, -0.1) is 0 Å². The second-order valence-corrected chi connectivity index (χ2v) is 5.68. The van der Waals surface area contributed by atoms with Gasteiger partial charge in [0.2, 0.25) is 0 Å². The second-order valence-electron chi connectivity index (χ2n) is 5.68. The average molecular weight is 282 g/mol. The fraction of sp³-hybridized carbons (Fsp3) is 0.333. The van der Waals surface area contributed by atoms with Crippen molar-refractivity contribution in [2.75, 3.05) is 13.6 Å². The molecule has 3 rings (SSSR count). The first kappa shape index (κ1) is 14.3. The molecule has 0 unspecified atom stereocenters. The van der Waals surface area contributed by atoms with Crippen molar-refractivity contribution in [1.29, 1.82) is 0 Å². The highest BCUT2D eigenvalue weighted by Crippen LogP contribution is 2.29. The Kier molecular flexibility index (Phi) is 4.34. The molecule has 1 heterocycles. The molecule has 3 nitrogen and oxygen atoms in total. The fourth-order valence-electron chi connectivity index (χ4n) is 2.73. The lowest BCUT2D eigenvalue weighted by Crippen LogP contribution is -2.49. The molecule has 1 aliphatic rings. The van der Waals surface area contributed by atoms with E-state index >= 15 is 0 Å². The molecular weight excluding hydrogens is 260 g/mol. The summed E-state index contributed by atoms with van der Waals surface area (Å²) >= 11 is 0. The molecule has 0 aliphatic carbocycles. The van der Waals surface area contributed by atoms with Crippen molar-refractivity contribution in [3.63, 3.8) is 0 Å². The predicted octanol–water partition coefficient (Wildman–Crippen LogP) is 3.45. The highest BCUT2D eigenvalue weighted by atomic mass is 16.7. The summed E-state index contributed by atoms with van der Waals surface area (Å²) < 4.78 is 0. The summed E-state index contributed by atoms with van der Waals surface area (Å²) in [6, 6.07) is 21.4. The fourth-order valence-corrected chi connectivity index (χ4v) is 2.73. The van der Waals surface area contributed by atoms with Crippen molar-refractivity contribution in [3.05, 3.63) is 71.8 Å². The Morgan fingerprint density at radius 3 is 2.29 bits per heavy atom. The number of nitrogens with zero attached hydrogens (tertiary/aromatic N) is 2. The van der Waals surface area contributed by atoms with E-state index in [9.17, 15) is 0 Å². The van der Waals surface area contributed by atoms with Gasteiger partial charge < -0.3 is 0 Å². The van der Waals surface area contributed by atoms with Crippen LogP contribution in [0.4, 0.5) is 0 Å². The molecule has 0 aromatic heterocycles. The smallest absolute Gasteiger partial charge is 0.158 e. The first-order valence-electron chi connectivity index (χ1n) is 7.46. The van der Waals surface area contributed by atoms with Crippen molar-refractivity contribution in [2.24, 2.45) is 0 Å². The van der Waals surface area contributed by atoms with E-state index in [2.05, 4.69) is 66.4 Å². The SMILES string of the molecule is C[C@H]1CN(Cc2ccccc2)[C@H](c2ccccc2)ON1C. The van der Waals surface area contributed by atoms with Gasteiger partial charge in [-0.3, -0.25) is 9.74 Å². The molecule has 0 amide bonds. The molecule has 21 heavy (non-hydrogen) atoms. The van der Waals surface area contributed by atoms with Gasteiger partial charge in [0, 0.05) is 26.2 Å². The van der Waals surface area contributed by atoms with E-state index in [1.807, 2.05) is 18.2 Å². The van der Waals surface area contributed by atoms with Crippen LogP contribution in [0.3, 0.4) is 0 Å². The summed E-state index contributed by atoms with van der Waals surface area (Å²) in [6.45, 7) is 4.09. The normalized spacial score (nSPS) is 24.1. The molecule has 1 saturated heterocycles. The van der Waals surface area contributed by atoms with Gasteiger partial charge in [0.25, 0.3) is 0 Å². The van der Waals surface area contributed by atoms with Crippen LogP contribution in [-0.4, -0.2) is 29.6 Å². The Hall–Kier alpha value is -1.68. The molecule has 0 saturated carbocycles. The van der Waals surface area contributed by atoms with Crippen molar-refractivity contribution < 1.29 is 4.84 Å². The van der Waals surface area contributed by atoms with E-state index in [-0.39, 0.29) is 6.23 Å². The maximum atomic E-state index is 6.13. The van der Waals surface area contributed by atoms with Crippen LogP contribution >= 0.6 is 0 Å². The van der Waals surface area contributed by atoms with E-state index in [0.717, 1.165) is 13.1 Å². The van der Waals surface area contributed by atoms with E-state index < -0.39 is 0 Å². The quantitative estimate of drug-likeness (QED) is 0.857. The summed E-state index contributed by atoms with van der Waals surface area (Å²) in [5.41, 5.74) is 2.52. The molecule has 2 aromatic rings. The molecule has 0 N–H and O–H groups in total. The van der Waals surface area contributed by atoms with E-state index in [0.29, 0.717) is 6.04 Å². The van der Waals surface area contributed by atoms with Gasteiger partial charge >= 0.3 is 0 Å². The monoisotopic (exact) mass is 282 g/mol. The summed E-state index contributed by atoms with van der Waals surface area (Å²) in [5, 5.41) is 1.97. The van der Waals surface area contributed by atoms with Crippen molar-refractivity contribution in [2.45, 2.75) is 25.7 Å². The number of likely N-dealkylation sites (N-methyl/N-ethyl adjacent to an activating group) is 1. The maximum Gasteiger partial charge on any atom is 0.158 e. The van der Waals surface area contributed by atoms with Crippen LogP contribution in [0.1, 0.15) is 24.3 Å². The van der Waals surface area contributed by atoms with Crippen LogP contribution in [0.5, 0.6) is 0 Å². The molecule has 0 radical (unpaired) electrons. The lowest BCUT2D eigenvalue weighted by molar-refractivity contribution is -0.287. The number of hydroxylamine groups is 2. The Labute approximate surface area is 126 Å². The van der Waals surface area contributed by atoms with E-state index in [1.165, 1.54) is 11.1 Å². The van der Waals surface area contributed by atoms with Gasteiger partial charge in [-0.25, -0.2) is 0 Å². The minimum absolute atomic E-state index is 0.0207. The van der Waals surface area contributed by atoms with Crippen molar-refractivity contribution in [3.8, 4) is 0 Å². The Morgan fingerprint density at radius 2 is 1.62 bits per heavy atom. The zero-order valence-corrected chi connectivity index (χ0v) is 12.6. The minimum atomic E-state index is -0.0207. The molecule has 1 fully saturated rings. The van der Waals surface area contributed by atoms with Gasteiger partial charge in [-0.1, -0.05) is 60.7 Å². The first-order chi connectivity index (χ1) is 10.2. The lowest BCUT2D eigenvalue weighted by atomic mass is 10.1.